The lowest BCUT2D eigenvalue weighted by atomic mass is 9.95. The van der Waals surface area contributed by atoms with E-state index in [2.05, 4.69) is 10.3 Å². The van der Waals surface area contributed by atoms with Gasteiger partial charge in [-0.2, -0.15) is 0 Å². The highest BCUT2D eigenvalue weighted by atomic mass is 16.3. The second kappa shape index (κ2) is 6.54. The molecule has 0 bridgehead atoms. The van der Waals surface area contributed by atoms with Crippen molar-refractivity contribution in [3.63, 3.8) is 0 Å². The molecule has 5 heteroatoms. The highest BCUT2D eigenvalue weighted by Crippen LogP contribution is 2.18. The van der Waals surface area contributed by atoms with E-state index in [4.69, 9.17) is 5.11 Å². The summed E-state index contributed by atoms with van der Waals surface area (Å²) in [6, 6.07) is 0. The Labute approximate surface area is 108 Å². The average Bonchev–Trinajstić information content (AvgIpc) is 2.35. The van der Waals surface area contributed by atoms with Crippen molar-refractivity contribution in [2.24, 2.45) is 0 Å². The molecule has 2 N–H and O–H groups in total. The largest absolute Gasteiger partial charge is 0.396 e. The van der Waals surface area contributed by atoms with Crippen LogP contribution in [0.2, 0.25) is 0 Å². The van der Waals surface area contributed by atoms with E-state index in [1.165, 1.54) is 0 Å². The normalized spacial score (nSPS) is 14.2. The van der Waals surface area contributed by atoms with E-state index in [-0.39, 0.29) is 17.7 Å². The molecule has 102 valence electrons. The third-order valence-corrected chi connectivity index (χ3v) is 3.24. The van der Waals surface area contributed by atoms with Crippen molar-refractivity contribution >= 4 is 5.82 Å². The quantitative estimate of drug-likeness (QED) is 0.775. The number of anilines is 1. The number of aliphatic hydroxyl groups is 1. The van der Waals surface area contributed by atoms with Crippen LogP contribution >= 0.6 is 0 Å². The van der Waals surface area contributed by atoms with Gasteiger partial charge in [-0.15, -0.1) is 0 Å². The van der Waals surface area contributed by atoms with Gasteiger partial charge in [0, 0.05) is 31.1 Å². The maximum Gasteiger partial charge on any atom is 0.293 e. The molecule has 0 aromatic carbocycles. The summed E-state index contributed by atoms with van der Waals surface area (Å²) >= 11 is 0. The van der Waals surface area contributed by atoms with Crippen LogP contribution in [0.1, 0.15) is 40.0 Å². The molecule has 0 aliphatic heterocycles. The molecule has 5 nitrogen and oxygen atoms in total. The molecular formula is C13H23N3O2. The van der Waals surface area contributed by atoms with Crippen molar-refractivity contribution in [2.75, 3.05) is 11.9 Å². The van der Waals surface area contributed by atoms with E-state index in [1.54, 1.807) is 17.0 Å². The maximum absolute atomic E-state index is 12.1. The lowest BCUT2D eigenvalue weighted by Gasteiger charge is -2.29. The van der Waals surface area contributed by atoms with Gasteiger partial charge in [-0.3, -0.25) is 4.79 Å². The third kappa shape index (κ3) is 3.57. The Morgan fingerprint density at radius 2 is 2.22 bits per heavy atom. The minimum atomic E-state index is -0.299. The van der Waals surface area contributed by atoms with E-state index in [0.717, 1.165) is 12.8 Å². The van der Waals surface area contributed by atoms with Gasteiger partial charge in [0.25, 0.3) is 5.56 Å². The molecule has 0 aliphatic carbocycles. The van der Waals surface area contributed by atoms with E-state index < -0.39 is 0 Å². The minimum absolute atomic E-state index is 0.0906. The molecule has 1 aromatic rings. The molecule has 1 rings (SSSR count). The van der Waals surface area contributed by atoms with Crippen molar-refractivity contribution in [3.8, 4) is 0 Å². The summed E-state index contributed by atoms with van der Waals surface area (Å²) in [6.45, 7) is 6.83. The molecule has 0 fully saturated rings. The van der Waals surface area contributed by atoms with Crippen molar-refractivity contribution in [3.05, 3.63) is 22.7 Å². The van der Waals surface area contributed by atoms with Gasteiger partial charge >= 0.3 is 0 Å². The first kappa shape index (κ1) is 14.7. The van der Waals surface area contributed by atoms with Crippen molar-refractivity contribution < 1.29 is 5.11 Å². The lowest BCUT2D eigenvalue weighted by molar-refractivity contribution is 0.251. The first-order chi connectivity index (χ1) is 8.56. The molecule has 18 heavy (non-hydrogen) atoms. The fraction of sp³-hybridized carbons (Fsp3) is 0.692. The van der Waals surface area contributed by atoms with Crippen LogP contribution in [0.5, 0.6) is 0 Å². The van der Waals surface area contributed by atoms with Gasteiger partial charge in [0.2, 0.25) is 0 Å². The van der Waals surface area contributed by atoms with Crippen LogP contribution in [0.15, 0.2) is 17.2 Å². The van der Waals surface area contributed by atoms with Crippen LogP contribution in [0.4, 0.5) is 5.82 Å². The van der Waals surface area contributed by atoms with Gasteiger partial charge in [-0.1, -0.05) is 13.8 Å². The Balaban J connectivity index is 2.96. The highest BCUT2D eigenvalue weighted by molar-refractivity contribution is 5.34. The Kier molecular flexibility index (Phi) is 5.34. The smallest absolute Gasteiger partial charge is 0.293 e. The molecule has 0 amide bonds. The number of nitrogens with one attached hydrogen (secondary N) is 1. The molecule has 0 aliphatic rings. The van der Waals surface area contributed by atoms with Crippen molar-refractivity contribution in [1.29, 1.82) is 0 Å². The SMILES string of the molecule is CCCn1ccnc(NC(C)(CC)CCO)c1=O. The fourth-order valence-electron chi connectivity index (χ4n) is 1.81. The number of nitrogens with zero attached hydrogens (tertiary/aromatic N) is 2. The monoisotopic (exact) mass is 253 g/mol. The average molecular weight is 253 g/mol. The summed E-state index contributed by atoms with van der Waals surface area (Å²) in [5.41, 5.74) is -0.399. The first-order valence-corrected chi connectivity index (χ1v) is 6.50. The number of rotatable bonds is 7. The summed E-state index contributed by atoms with van der Waals surface area (Å²) in [5, 5.41) is 12.2. The number of hydrogen-bond donors (Lipinski definition) is 2. The van der Waals surface area contributed by atoms with Gasteiger partial charge in [0.1, 0.15) is 0 Å². The summed E-state index contributed by atoms with van der Waals surface area (Å²) in [7, 11) is 0. The zero-order valence-corrected chi connectivity index (χ0v) is 11.4. The fourth-order valence-corrected chi connectivity index (χ4v) is 1.81. The highest BCUT2D eigenvalue weighted by Gasteiger charge is 2.23. The van der Waals surface area contributed by atoms with E-state index in [9.17, 15) is 4.79 Å². The standard InChI is InChI=1S/C13H23N3O2/c1-4-8-16-9-7-14-11(12(16)18)15-13(3,5-2)6-10-17/h7,9,17H,4-6,8,10H2,1-3H3,(H,14,15). The van der Waals surface area contributed by atoms with Gasteiger partial charge in [0.05, 0.1) is 0 Å². The van der Waals surface area contributed by atoms with Gasteiger partial charge < -0.3 is 15.0 Å². The molecule has 1 unspecified atom stereocenters. The number of aliphatic hydroxyl groups excluding tert-OH is 1. The van der Waals surface area contributed by atoms with Crippen LogP contribution < -0.4 is 10.9 Å². The summed E-state index contributed by atoms with van der Waals surface area (Å²) in [5.74, 6) is 0.365. The maximum atomic E-state index is 12.1. The number of hydrogen-bond acceptors (Lipinski definition) is 4. The summed E-state index contributed by atoms with van der Waals surface area (Å²) in [6.07, 6.45) is 5.65. The Morgan fingerprint density at radius 3 is 2.78 bits per heavy atom. The molecule has 0 saturated carbocycles. The molecule has 0 saturated heterocycles. The van der Waals surface area contributed by atoms with Crippen LogP contribution in [0, 0.1) is 0 Å². The Bertz CT molecular complexity index is 430. The number of aromatic nitrogens is 2. The molecule has 0 spiro atoms. The summed E-state index contributed by atoms with van der Waals surface area (Å²) < 4.78 is 1.66. The Hall–Kier alpha value is -1.36. The van der Waals surface area contributed by atoms with Crippen molar-refractivity contribution in [1.82, 2.24) is 9.55 Å². The van der Waals surface area contributed by atoms with E-state index in [1.807, 2.05) is 20.8 Å². The Morgan fingerprint density at radius 1 is 1.50 bits per heavy atom. The van der Waals surface area contributed by atoms with Crippen molar-refractivity contribution in [2.45, 2.75) is 52.1 Å². The molecule has 1 atom stereocenters. The van der Waals surface area contributed by atoms with Crippen LogP contribution in [-0.4, -0.2) is 26.8 Å². The predicted molar refractivity (Wildman–Crippen MR) is 72.8 cm³/mol. The first-order valence-electron chi connectivity index (χ1n) is 6.50. The van der Waals surface area contributed by atoms with Gasteiger partial charge in [-0.05, 0) is 26.2 Å². The molecule has 0 radical (unpaired) electrons. The second-order valence-electron chi connectivity index (χ2n) is 4.79. The second-order valence-corrected chi connectivity index (χ2v) is 4.79. The third-order valence-electron chi connectivity index (χ3n) is 3.24. The molecule has 1 aromatic heterocycles. The van der Waals surface area contributed by atoms with E-state index >= 15 is 0 Å². The van der Waals surface area contributed by atoms with Gasteiger partial charge in [-0.25, -0.2) is 4.98 Å². The topological polar surface area (TPSA) is 67.2 Å². The molecule has 1 heterocycles. The minimum Gasteiger partial charge on any atom is -0.396 e. The number of aryl methyl sites for hydroxylation is 1. The molecular weight excluding hydrogens is 230 g/mol. The zero-order chi connectivity index (χ0) is 13.6. The summed E-state index contributed by atoms with van der Waals surface area (Å²) in [4.78, 5) is 16.2. The zero-order valence-electron chi connectivity index (χ0n) is 11.4. The van der Waals surface area contributed by atoms with Gasteiger partial charge in [0.15, 0.2) is 5.82 Å². The lowest BCUT2D eigenvalue weighted by Crippen LogP contribution is -2.38. The van der Waals surface area contributed by atoms with Crippen LogP contribution in [0.25, 0.3) is 0 Å². The van der Waals surface area contributed by atoms with Crippen LogP contribution in [-0.2, 0) is 6.54 Å². The predicted octanol–water partition coefficient (Wildman–Crippen LogP) is 1.62. The van der Waals surface area contributed by atoms with Crippen LogP contribution in [0.3, 0.4) is 0 Å². The van der Waals surface area contributed by atoms with E-state index in [0.29, 0.717) is 18.8 Å².